The topological polar surface area (TPSA) is 52.6 Å². The summed E-state index contributed by atoms with van der Waals surface area (Å²) in [5, 5.41) is 0. The van der Waals surface area contributed by atoms with Gasteiger partial charge < -0.3 is 9.47 Å². The van der Waals surface area contributed by atoms with Crippen LogP contribution in [0.25, 0.3) is 0 Å². The van der Waals surface area contributed by atoms with Crippen LogP contribution in [-0.4, -0.2) is 18.0 Å². The van der Waals surface area contributed by atoms with Crippen LogP contribution in [0, 0.1) is 17.3 Å². The summed E-state index contributed by atoms with van der Waals surface area (Å²) in [5.41, 5.74) is 0.0274. The first kappa shape index (κ1) is 12.1. The molecular weight excluding hydrogens is 220 g/mol. The number of hydrogen-bond donors (Lipinski definition) is 0. The van der Waals surface area contributed by atoms with Crippen LogP contribution in [0.3, 0.4) is 0 Å². The summed E-state index contributed by atoms with van der Waals surface area (Å²) in [7, 11) is 0. The van der Waals surface area contributed by atoms with E-state index >= 15 is 0 Å². The summed E-state index contributed by atoms with van der Waals surface area (Å²) in [5.74, 6) is 0.642. The van der Waals surface area contributed by atoms with Gasteiger partial charge >= 0.3 is 11.9 Å². The lowest BCUT2D eigenvalue weighted by Gasteiger charge is -2.57. The molecule has 0 radical (unpaired) electrons. The maximum absolute atomic E-state index is 11.1. The van der Waals surface area contributed by atoms with Gasteiger partial charge in [0.1, 0.15) is 11.9 Å². The van der Waals surface area contributed by atoms with E-state index in [0.29, 0.717) is 11.7 Å². The molecule has 0 N–H and O–H groups in total. The Kier molecular flexibility index (Phi) is 2.76. The molecule has 0 aromatic rings. The summed E-state index contributed by atoms with van der Waals surface area (Å²) in [6, 6.07) is 0. The van der Waals surface area contributed by atoms with E-state index in [1.54, 1.807) is 6.08 Å². The predicted molar refractivity (Wildman–Crippen MR) is 60.8 cm³/mol. The average Bonchev–Trinajstić information content (AvgIpc) is 2.13. The Bertz CT molecular complexity index is 394. The number of carbonyl (C=O) groups is 2. The number of esters is 2. The fourth-order valence-electron chi connectivity index (χ4n) is 2.97. The lowest BCUT2D eigenvalue weighted by Crippen LogP contribution is -2.55. The highest BCUT2D eigenvalue weighted by Crippen LogP contribution is 2.60. The molecule has 17 heavy (non-hydrogen) atoms. The highest BCUT2D eigenvalue weighted by Gasteiger charge is 2.57. The second-order valence-electron chi connectivity index (χ2n) is 5.45. The van der Waals surface area contributed by atoms with Crippen molar-refractivity contribution in [3.63, 3.8) is 0 Å². The van der Waals surface area contributed by atoms with E-state index in [4.69, 9.17) is 9.47 Å². The van der Waals surface area contributed by atoms with Crippen LogP contribution < -0.4 is 0 Å². The third kappa shape index (κ3) is 1.96. The van der Waals surface area contributed by atoms with Crippen molar-refractivity contribution >= 4 is 11.9 Å². The standard InChI is InChI=1S/C13H18O4/c1-7(14)16-11-6-12(17-8(2)15)10-5-9(11)13(10,3)4/h6,9-11H,5H2,1-4H3/t9-,10+,11?/m0/s1. The molecule has 3 rings (SSSR count). The quantitative estimate of drug-likeness (QED) is 0.691. The molecule has 3 aliphatic carbocycles. The maximum atomic E-state index is 11.1. The Balaban J connectivity index is 2.23. The van der Waals surface area contributed by atoms with Crippen molar-refractivity contribution in [2.24, 2.45) is 17.3 Å². The molecule has 0 aliphatic heterocycles. The summed E-state index contributed by atoms with van der Waals surface area (Å²) in [4.78, 5) is 22.1. The molecule has 0 amide bonds. The number of hydrogen-bond acceptors (Lipinski definition) is 4. The number of carbonyl (C=O) groups excluding carboxylic acids is 2. The van der Waals surface area contributed by atoms with Gasteiger partial charge in [-0.1, -0.05) is 13.8 Å². The van der Waals surface area contributed by atoms with Gasteiger partial charge in [-0.15, -0.1) is 0 Å². The Morgan fingerprint density at radius 1 is 1.29 bits per heavy atom. The van der Waals surface area contributed by atoms with E-state index in [-0.39, 0.29) is 29.4 Å². The van der Waals surface area contributed by atoms with Crippen LogP contribution in [0.2, 0.25) is 0 Å². The summed E-state index contributed by atoms with van der Waals surface area (Å²) in [6.07, 6.45) is 2.44. The molecule has 1 saturated carbocycles. The van der Waals surface area contributed by atoms with Crippen molar-refractivity contribution in [3.8, 4) is 0 Å². The SMILES string of the molecule is CC(=O)OC1=CC(OC(C)=O)[C@@H]2C[C@H]1C2(C)C. The molecule has 0 aromatic heterocycles. The molecule has 3 atom stereocenters. The lowest BCUT2D eigenvalue weighted by molar-refractivity contribution is -0.164. The van der Waals surface area contributed by atoms with Gasteiger partial charge in [-0.2, -0.15) is 0 Å². The lowest BCUT2D eigenvalue weighted by atomic mass is 9.49. The summed E-state index contributed by atoms with van der Waals surface area (Å²) in [6.45, 7) is 7.04. The van der Waals surface area contributed by atoms with E-state index in [1.165, 1.54) is 13.8 Å². The van der Waals surface area contributed by atoms with Crippen LogP contribution >= 0.6 is 0 Å². The molecule has 4 heteroatoms. The van der Waals surface area contributed by atoms with Crippen LogP contribution in [0.15, 0.2) is 11.8 Å². The smallest absolute Gasteiger partial charge is 0.307 e. The normalized spacial score (nSPS) is 33.2. The Labute approximate surface area is 101 Å². The first-order chi connectivity index (χ1) is 7.82. The highest BCUT2D eigenvalue weighted by molar-refractivity contribution is 5.68. The van der Waals surface area contributed by atoms with Crippen LogP contribution in [0.5, 0.6) is 0 Å². The van der Waals surface area contributed by atoms with E-state index in [0.717, 1.165) is 6.42 Å². The van der Waals surface area contributed by atoms with Gasteiger partial charge in [0.05, 0.1) is 0 Å². The highest BCUT2D eigenvalue weighted by atomic mass is 16.6. The number of allylic oxidation sites excluding steroid dienone is 1. The van der Waals surface area contributed by atoms with Crippen molar-refractivity contribution in [1.29, 1.82) is 0 Å². The molecule has 0 spiro atoms. The van der Waals surface area contributed by atoms with E-state index < -0.39 is 0 Å². The van der Waals surface area contributed by atoms with Crippen molar-refractivity contribution in [1.82, 2.24) is 0 Å². The molecule has 1 unspecified atom stereocenters. The fraction of sp³-hybridized carbons (Fsp3) is 0.692. The Hall–Kier alpha value is -1.32. The van der Waals surface area contributed by atoms with Gasteiger partial charge in [-0.05, 0) is 17.9 Å². The molecule has 3 aliphatic rings. The summed E-state index contributed by atoms with van der Waals surface area (Å²) < 4.78 is 10.5. The van der Waals surface area contributed by atoms with Crippen LogP contribution in [0.4, 0.5) is 0 Å². The Morgan fingerprint density at radius 3 is 2.41 bits per heavy atom. The number of rotatable bonds is 2. The largest absolute Gasteiger partial charge is 0.458 e. The first-order valence-electron chi connectivity index (χ1n) is 5.89. The van der Waals surface area contributed by atoms with Crippen molar-refractivity contribution < 1.29 is 19.1 Å². The second kappa shape index (κ2) is 3.86. The molecule has 94 valence electrons. The predicted octanol–water partition coefficient (Wildman–Crippen LogP) is 2.04. The minimum absolute atomic E-state index is 0.0274. The minimum Gasteiger partial charge on any atom is -0.458 e. The molecular formula is C13H18O4. The van der Waals surface area contributed by atoms with E-state index in [2.05, 4.69) is 13.8 Å². The molecule has 0 aromatic carbocycles. The first-order valence-corrected chi connectivity index (χ1v) is 5.89. The zero-order valence-electron chi connectivity index (χ0n) is 10.6. The van der Waals surface area contributed by atoms with Gasteiger partial charge in [0.15, 0.2) is 0 Å². The van der Waals surface area contributed by atoms with Crippen LogP contribution in [-0.2, 0) is 19.1 Å². The molecule has 1 fully saturated rings. The summed E-state index contributed by atoms with van der Waals surface area (Å²) >= 11 is 0. The van der Waals surface area contributed by atoms with Crippen LogP contribution in [0.1, 0.15) is 34.1 Å². The molecule has 4 nitrogen and oxygen atoms in total. The molecule has 2 bridgehead atoms. The van der Waals surface area contributed by atoms with E-state index in [1.807, 2.05) is 0 Å². The molecule has 0 saturated heterocycles. The third-order valence-corrected chi connectivity index (χ3v) is 3.98. The second-order valence-corrected chi connectivity index (χ2v) is 5.45. The number of ether oxygens (including phenoxy) is 2. The third-order valence-electron chi connectivity index (χ3n) is 3.98. The van der Waals surface area contributed by atoms with Crippen molar-refractivity contribution in [2.75, 3.05) is 0 Å². The number of fused-ring (bicyclic) bond motifs is 1. The Morgan fingerprint density at radius 2 is 1.94 bits per heavy atom. The van der Waals surface area contributed by atoms with Crippen molar-refractivity contribution in [2.45, 2.75) is 40.2 Å². The van der Waals surface area contributed by atoms with Gasteiger partial charge in [0.2, 0.25) is 0 Å². The van der Waals surface area contributed by atoms with Crippen molar-refractivity contribution in [3.05, 3.63) is 11.8 Å². The van der Waals surface area contributed by atoms with Gasteiger partial charge in [-0.3, -0.25) is 9.59 Å². The monoisotopic (exact) mass is 238 g/mol. The maximum Gasteiger partial charge on any atom is 0.307 e. The average molecular weight is 238 g/mol. The van der Waals surface area contributed by atoms with Gasteiger partial charge in [0, 0.05) is 25.7 Å². The van der Waals surface area contributed by atoms with Gasteiger partial charge in [-0.25, -0.2) is 0 Å². The van der Waals surface area contributed by atoms with E-state index in [9.17, 15) is 9.59 Å². The van der Waals surface area contributed by atoms with Gasteiger partial charge in [0.25, 0.3) is 0 Å². The fourth-order valence-corrected chi connectivity index (χ4v) is 2.97. The molecule has 0 heterocycles. The minimum atomic E-state index is -0.320. The zero-order chi connectivity index (χ0) is 12.8. The zero-order valence-corrected chi connectivity index (χ0v) is 10.6.